The van der Waals surface area contributed by atoms with E-state index >= 15 is 0 Å². The van der Waals surface area contributed by atoms with Gasteiger partial charge in [0.25, 0.3) is 0 Å². The number of morpholine rings is 1. The van der Waals surface area contributed by atoms with Gasteiger partial charge in [-0.05, 0) is 55.1 Å². The maximum Gasteiger partial charge on any atom is 0.227 e. The zero-order valence-electron chi connectivity index (χ0n) is 21.6. The Morgan fingerprint density at radius 3 is 2.59 bits per heavy atom. The molecule has 3 fully saturated rings. The molecule has 3 heterocycles. The topological polar surface area (TPSA) is 77.0 Å². The van der Waals surface area contributed by atoms with Crippen molar-refractivity contribution in [2.24, 2.45) is 17.8 Å². The van der Waals surface area contributed by atoms with Crippen molar-refractivity contribution in [2.45, 2.75) is 38.7 Å². The van der Waals surface area contributed by atoms with Crippen LogP contribution in [-0.4, -0.2) is 73.9 Å². The summed E-state index contributed by atoms with van der Waals surface area (Å²) < 4.78 is 30.9. The highest BCUT2D eigenvalue weighted by Crippen LogP contribution is 2.49. The number of ether oxygens (including phenoxy) is 3. The van der Waals surface area contributed by atoms with Crippen LogP contribution in [0.2, 0.25) is 0 Å². The van der Waals surface area contributed by atoms with Crippen LogP contribution in [-0.2, 0) is 27.3 Å². The predicted molar refractivity (Wildman–Crippen MR) is 137 cm³/mol. The van der Waals surface area contributed by atoms with Gasteiger partial charge in [-0.1, -0.05) is 6.07 Å². The smallest absolute Gasteiger partial charge is 0.227 e. The summed E-state index contributed by atoms with van der Waals surface area (Å²) in [5.74, 6) is 3.10. The van der Waals surface area contributed by atoms with Crippen LogP contribution < -0.4 is 9.64 Å². The van der Waals surface area contributed by atoms with Crippen LogP contribution in [0.5, 0.6) is 5.75 Å². The quantitative estimate of drug-likeness (QED) is 0.482. The monoisotopic (exact) mass is 512 g/mol. The lowest BCUT2D eigenvalue weighted by molar-refractivity contribution is -0.134. The van der Waals surface area contributed by atoms with Gasteiger partial charge in [0.05, 0.1) is 32.8 Å². The first-order valence-electron chi connectivity index (χ1n) is 13.4. The fourth-order valence-electron chi connectivity index (χ4n) is 5.64. The van der Waals surface area contributed by atoms with Crippen LogP contribution in [0.3, 0.4) is 0 Å². The molecule has 0 unspecified atom stereocenters. The Labute approximate surface area is 218 Å². The third-order valence-electron chi connectivity index (χ3n) is 7.90. The summed E-state index contributed by atoms with van der Waals surface area (Å²) in [7, 11) is 1.67. The molecule has 1 aromatic carbocycles. The molecule has 1 amide bonds. The normalized spacial score (nSPS) is 22.2. The number of benzene rings is 1. The maximum atomic E-state index is 14.6. The van der Waals surface area contributed by atoms with E-state index in [4.69, 9.17) is 14.2 Å². The largest absolute Gasteiger partial charge is 0.493 e. The molecule has 2 aromatic rings. The summed E-state index contributed by atoms with van der Waals surface area (Å²) >= 11 is 0. The summed E-state index contributed by atoms with van der Waals surface area (Å²) in [4.78, 5) is 25.4. The van der Waals surface area contributed by atoms with E-state index in [0.717, 1.165) is 42.9 Å². The van der Waals surface area contributed by atoms with Crippen LogP contribution in [0.1, 0.15) is 36.8 Å². The van der Waals surface area contributed by atoms with Crippen molar-refractivity contribution in [1.29, 1.82) is 0 Å². The first-order chi connectivity index (χ1) is 18.1. The number of rotatable bonds is 10. The van der Waals surface area contributed by atoms with Gasteiger partial charge in [0.1, 0.15) is 11.6 Å². The van der Waals surface area contributed by atoms with Crippen LogP contribution in [0.4, 0.5) is 10.3 Å². The third kappa shape index (κ3) is 6.76. The van der Waals surface area contributed by atoms with Gasteiger partial charge in [0, 0.05) is 57.3 Å². The Morgan fingerprint density at radius 2 is 1.89 bits per heavy atom. The van der Waals surface area contributed by atoms with E-state index in [1.807, 2.05) is 12.4 Å². The molecule has 3 aliphatic rings. The molecule has 1 aromatic heterocycles. The second kappa shape index (κ2) is 12.2. The zero-order chi connectivity index (χ0) is 25.6. The van der Waals surface area contributed by atoms with Gasteiger partial charge in [-0.25, -0.2) is 14.4 Å². The number of nitrogens with zero attached hydrogens (tertiary/aromatic N) is 4. The van der Waals surface area contributed by atoms with Gasteiger partial charge in [-0.15, -0.1) is 0 Å². The number of hydrogen-bond acceptors (Lipinski definition) is 7. The Hall–Kier alpha value is -2.78. The number of aromatic nitrogens is 2. The maximum absolute atomic E-state index is 14.6. The SMILES string of the molecule is COCc1cnc(N2CCC([C@H]3C[C@H]3CCOc3ccc(CC(=O)N4CCOCC4)c(F)c3)CC2)nc1. The molecule has 2 atom stereocenters. The highest BCUT2D eigenvalue weighted by molar-refractivity contribution is 5.79. The van der Waals surface area contributed by atoms with Gasteiger partial charge in [-0.2, -0.15) is 0 Å². The molecule has 1 aliphatic carbocycles. The zero-order valence-corrected chi connectivity index (χ0v) is 21.6. The Kier molecular flexibility index (Phi) is 8.51. The number of piperidine rings is 1. The highest BCUT2D eigenvalue weighted by Gasteiger charge is 2.43. The van der Waals surface area contributed by atoms with Gasteiger partial charge < -0.3 is 24.0 Å². The van der Waals surface area contributed by atoms with E-state index in [1.165, 1.54) is 25.3 Å². The van der Waals surface area contributed by atoms with Crippen LogP contribution in [0, 0.1) is 23.6 Å². The molecule has 0 spiro atoms. The van der Waals surface area contributed by atoms with Crippen LogP contribution in [0.25, 0.3) is 0 Å². The lowest BCUT2D eigenvalue weighted by atomic mass is 9.90. The standard InChI is InChI=1S/C28H37FN4O4/c1-35-19-20-17-30-28(31-18-20)33-7-4-21(5-8-33)25-14-22(25)6-11-37-24-3-2-23(26(29)16-24)15-27(34)32-9-12-36-13-10-32/h2-3,16-18,21-22,25H,4-15,19H2,1H3/t22-,25-/m1/s1. The number of carbonyl (C=O) groups is 1. The minimum Gasteiger partial charge on any atom is -0.493 e. The first-order valence-corrected chi connectivity index (χ1v) is 13.4. The number of halogens is 1. The van der Waals surface area contributed by atoms with E-state index in [0.29, 0.717) is 56.7 Å². The summed E-state index contributed by atoms with van der Waals surface area (Å²) in [5.41, 5.74) is 1.40. The molecule has 0 radical (unpaired) electrons. The molecule has 2 aliphatic heterocycles. The average Bonchev–Trinajstić information content (AvgIpc) is 3.71. The summed E-state index contributed by atoms with van der Waals surface area (Å²) in [6.07, 6.45) is 8.35. The number of amides is 1. The fourth-order valence-corrected chi connectivity index (χ4v) is 5.64. The minimum atomic E-state index is -0.382. The predicted octanol–water partition coefficient (Wildman–Crippen LogP) is 3.49. The van der Waals surface area contributed by atoms with Crippen LogP contribution in [0.15, 0.2) is 30.6 Å². The second-order valence-corrected chi connectivity index (χ2v) is 10.4. The van der Waals surface area contributed by atoms with Gasteiger partial charge in [0.2, 0.25) is 11.9 Å². The van der Waals surface area contributed by atoms with Gasteiger partial charge in [0.15, 0.2) is 0 Å². The van der Waals surface area contributed by atoms with E-state index in [-0.39, 0.29) is 18.1 Å². The van der Waals surface area contributed by atoms with Crippen molar-refractivity contribution >= 4 is 11.9 Å². The summed E-state index contributed by atoms with van der Waals surface area (Å²) in [5, 5.41) is 0. The molecule has 37 heavy (non-hydrogen) atoms. The Balaban J connectivity index is 1.01. The number of methoxy groups -OCH3 is 1. The molecule has 8 nitrogen and oxygen atoms in total. The number of anilines is 1. The fraction of sp³-hybridized carbons (Fsp3) is 0.607. The lowest BCUT2D eigenvalue weighted by Gasteiger charge is -2.32. The van der Waals surface area contributed by atoms with Crippen molar-refractivity contribution in [3.05, 3.63) is 47.5 Å². The van der Waals surface area contributed by atoms with E-state index < -0.39 is 0 Å². The molecular formula is C28H37FN4O4. The van der Waals surface area contributed by atoms with Crippen molar-refractivity contribution < 1.29 is 23.4 Å². The molecule has 200 valence electrons. The van der Waals surface area contributed by atoms with E-state index in [9.17, 15) is 9.18 Å². The minimum absolute atomic E-state index is 0.0611. The van der Waals surface area contributed by atoms with Crippen molar-refractivity contribution in [3.8, 4) is 5.75 Å². The molecule has 5 rings (SSSR count). The number of hydrogen-bond donors (Lipinski definition) is 0. The third-order valence-corrected chi connectivity index (χ3v) is 7.90. The summed E-state index contributed by atoms with van der Waals surface area (Å²) in [6.45, 7) is 5.34. The molecule has 2 saturated heterocycles. The Morgan fingerprint density at radius 1 is 1.14 bits per heavy atom. The van der Waals surface area contributed by atoms with Crippen molar-refractivity contribution in [3.63, 3.8) is 0 Å². The first kappa shape index (κ1) is 25.9. The lowest BCUT2D eigenvalue weighted by Crippen LogP contribution is -2.41. The molecule has 0 bridgehead atoms. The highest BCUT2D eigenvalue weighted by atomic mass is 19.1. The van der Waals surface area contributed by atoms with Crippen molar-refractivity contribution in [1.82, 2.24) is 14.9 Å². The average molecular weight is 513 g/mol. The van der Waals surface area contributed by atoms with Crippen LogP contribution >= 0.6 is 0 Å². The molecule has 0 N–H and O–H groups in total. The van der Waals surface area contributed by atoms with E-state index in [2.05, 4.69) is 14.9 Å². The second-order valence-electron chi connectivity index (χ2n) is 10.4. The van der Waals surface area contributed by atoms with Gasteiger partial charge in [-0.3, -0.25) is 4.79 Å². The number of carbonyl (C=O) groups excluding carboxylic acids is 1. The molecule has 1 saturated carbocycles. The molecular weight excluding hydrogens is 475 g/mol. The Bertz CT molecular complexity index is 1040. The molecule has 9 heteroatoms. The van der Waals surface area contributed by atoms with Crippen molar-refractivity contribution in [2.75, 3.05) is 58.0 Å². The van der Waals surface area contributed by atoms with Gasteiger partial charge >= 0.3 is 0 Å². The van der Waals surface area contributed by atoms with E-state index in [1.54, 1.807) is 24.1 Å². The summed E-state index contributed by atoms with van der Waals surface area (Å²) in [6, 6.07) is 4.85.